The van der Waals surface area contributed by atoms with Gasteiger partial charge in [0.05, 0.1) is 28.7 Å². The first kappa shape index (κ1) is 17.6. The van der Waals surface area contributed by atoms with Crippen LogP contribution in [0.15, 0.2) is 28.7 Å². The van der Waals surface area contributed by atoms with Crippen LogP contribution < -0.4 is 0 Å². The lowest BCUT2D eigenvalue weighted by molar-refractivity contribution is 0.0244. The number of furan rings is 1. The summed E-state index contributed by atoms with van der Waals surface area (Å²) in [6, 6.07) is 7.85. The Hall–Kier alpha value is -1.79. The number of aromatic nitrogens is 1. The van der Waals surface area contributed by atoms with E-state index in [0.717, 1.165) is 42.4 Å². The Morgan fingerprint density at radius 2 is 2.19 bits per heavy atom. The first-order valence-corrected chi connectivity index (χ1v) is 9.97. The molecule has 2 aliphatic heterocycles. The van der Waals surface area contributed by atoms with Crippen molar-refractivity contribution >= 4 is 17.7 Å². The summed E-state index contributed by atoms with van der Waals surface area (Å²) in [5.41, 5.74) is 2.69. The summed E-state index contributed by atoms with van der Waals surface area (Å²) in [6.07, 6.45) is 1.23. The number of nitrogens with zero attached hydrogens (tertiary/aromatic N) is 2. The lowest BCUT2D eigenvalue weighted by Crippen LogP contribution is -2.60. The molecular formula is C20H24N2O3S. The molecular weight excluding hydrogens is 348 g/mol. The number of likely N-dealkylation sites (tertiary alicyclic amines) is 1. The Kier molecular flexibility index (Phi) is 4.57. The van der Waals surface area contributed by atoms with Crippen LogP contribution in [0.3, 0.4) is 0 Å². The molecule has 0 aliphatic carbocycles. The minimum Gasteiger partial charge on any atom is -0.466 e. The fourth-order valence-corrected chi connectivity index (χ4v) is 5.37. The number of carbonyl (C=O) groups excluding carboxylic acids is 1. The highest BCUT2D eigenvalue weighted by atomic mass is 32.2. The molecule has 2 aliphatic rings. The van der Waals surface area contributed by atoms with E-state index < -0.39 is 0 Å². The number of rotatable bonds is 4. The van der Waals surface area contributed by atoms with E-state index in [2.05, 4.69) is 4.98 Å². The van der Waals surface area contributed by atoms with Crippen LogP contribution in [-0.4, -0.2) is 45.5 Å². The second-order valence-corrected chi connectivity index (χ2v) is 8.88. The first-order valence-electron chi connectivity index (χ1n) is 8.98. The minimum atomic E-state index is 0.0823. The van der Waals surface area contributed by atoms with E-state index in [4.69, 9.17) is 9.15 Å². The molecule has 0 radical (unpaired) electrons. The number of aryl methyl sites for hydroxylation is 3. The van der Waals surface area contributed by atoms with E-state index >= 15 is 0 Å². The molecule has 0 unspecified atom stereocenters. The number of hydrogen-bond donors (Lipinski definition) is 0. The van der Waals surface area contributed by atoms with Crippen molar-refractivity contribution in [2.75, 3.05) is 18.8 Å². The predicted octanol–water partition coefficient (Wildman–Crippen LogP) is 3.52. The van der Waals surface area contributed by atoms with Crippen molar-refractivity contribution in [1.82, 2.24) is 9.88 Å². The van der Waals surface area contributed by atoms with Gasteiger partial charge in [0.25, 0.3) is 5.91 Å². The smallest absolute Gasteiger partial charge is 0.257 e. The molecule has 1 spiro atoms. The Balaban J connectivity index is 1.30. The van der Waals surface area contributed by atoms with Crippen molar-refractivity contribution in [3.8, 4) is 0 Å². The predicted molar refractivity (Wildman–Crippen MR) is 101 cm³/mol. The number of amides is 1. The fourth-order valence-electron chi connectivity index (χ4n) is 3.82. The van der Waals surface area contributed by atoms with Gasteiger partial charge in [-0.25, -0.2) is 0 Å². The van der Waals surface area contributed by atoms with Crippen molar-refractivity contribution in [2.45, 2.75) is 44.6 Å². The maximum Gasteiger partial charge on any atom is 0.257 e. The molecule has 5 nitrogen and oxygen atoms in total. The van der Waals surface area contributed by atoms with E-state index in [9.17, 15) is 4.79 Å². The molecule has 2 fully saturated rings. The molecule has 26 heavy (non-hydrogen) atoms. The van der Waals surface area contributed by atoms with Crippen LogP contribution in [0, 0.1) is 20.8 Å². The Labute approximate surface area is 158 Å². The van der Waals surface area contributed by atoms with Gasteiger partial charge in [-0.2, -0.15) is 0 Å². The Morgan fingerprint density at radius 1 is 1.38 bits per heavy atom. The van der Waals surface area contributed by atoms with Gasteiger partial charge in [-0.1, -0.05) is 6.07 Å². The average Bonchev–Trinajstić information content (AvgIpc) is 3.14. The molecule has 138 valence electrons. The van der Waals surface area contributed by atoms with Gasteiger partial charge in [0.15, 0.2) is 0 Å². The third-order valence-corrected chi connectivity index (χ3v) is 6.68. The highest BCUT2D eigenvalue weighted by molar-refractivity contribution is 8.01. The van der Waals surface area contributed by atoms with Crippen LogP contribution in [0.5, 0.6) is 0 Å². The largest absolute Gasteiger partial charge is 0.466 e. The molecule has 2 aromatic heterocycles. The van der Waals surface area contributed by atoms with E-state index in [0.29, 0.717) is 17.9 Å². The third kappa shape index (κ3) is 3.40. The number of pyridine rings is 1. The van der Waals surface area contributed by atoms with Crippen molar-refractivity contribution in [1.29, 1.82) is 0 Å². The van der Waals surface area contributed by atoms with Gasteiger partial charge in [-0.05, 0) is 45.4 Å². The standard InChI is InChI=1S/C20H24N2O3S/c1-13-5-4-6-16(21-13)9-24-17-8-20(26-10-17)11-22(12-20)19(23)18-7-14(2)25-15(18)3/h4-7,17H,8-12H2,1-3H3/t17-/m1/s1. The normalized spacial score (nSPS) is 21.2. The molecule has 0 saturated carbocycles. The quantitative estimate of drug-likeness (QED) is 0.822. The zero-order valence-corrected chi connectivity index (χ0v) is 16.3. The van der Waals surface area contributed by atoms with Crippen molar-refractivity contribution in [3.63, 3.8) is 0 Å². The molecule has 0 N–H and O–H groups in total. The highest BCUT2D eigenvalue weighted by Gasteiger charge is 2.51. The second-order valence-electron chi connectivity index (χ2n) is 7.39. The number of ether oxygens (including phenoxy) is 1. The maximum atomic E-state index is 12.6. The summed E-state index contributed by atoms with van der Waals surface area (Å²) >= 11 is 1.94. The first-order chi connectivity index (χ1) is 12.4. The molecule has 6 heteroatoms. The van der Waals surface area contributed by atoms with Crippen LogP contribution in [0.1, 0.15) is 39.7 Å². The van der Waals surface area contributed by atoms with Gasteiger partial charge in [0, 0.05) is 24.5 Å². The second kappa shape index (κ2) is 6.74. The van der Waals surface area contributed by atoms with Gasteiger partial charge >= 0.3 is 0 Å². The summed E-state index contributed by atoms with van der Waals surface area (Å²) < 4.78 is 11.7. The van der Waals surface area contributed by atoms with Gasteiger partial charge in [-0.15, -0.1) is 11.8 Å². The van der Waals surface area contributed by atoms with Crippen molar-refractivity contribution in [3.05, 3.63) is 52.7 Å². The molecule has 0 bridgehead atoms. The monoisotopic (exact) mass is 372 g/mol. The summed E-state index contributed by atoms with van der Waals surface area (Å²) in [5, 5.41) is 0. The number of thioether (sulfide) groups is 1. The van der Waals surface area contributed by atoms with Gasteiger partial charge < -0.3 is 14.1 Å². The lowest BCUT2D eigenvalue weighted by Gasteiger charge is -2.47. The third-order valence-electron chi connectivity index (χ3n) is 5.10. The summed E-state index contributed by atoms with van der Waals surface area (Å²) in [4.78, 5) is 19.1. The lowest BCUT2D eigenvalue weighted by atomic mass is 9.92. The van der Waals surface area contributed by atoms with Crippen molar-refractivity contribution in [2.24, 2.45) is 0 Å². The summed E-state index contributed by atoms with van der Waals surface area (Å²) in [7, 11) is 0. The van der Waals surface area contributed by atoms with Gasteiger partial charge in [0.1, 0.15) is 11.5 Å². The Bertz CT molecular complexity index is 826. The molecule has 4 heterocycles. The minimum absolute atomic E-state index is 0.0823. The molecule has 2 saturated heterocycles. The number of carbonyl (C=O) groups is 1. The van der Waals surface area contributed by atoms with Gasteiger partial charge in [-0.3, -0.25) is 9.78 Å². The molecule has 2 aromatic rings. The topological polar surface area (TPSA) is 55.6 Å². The van der Waals surface area contributed by atoms with E-state index in [-0.39, 0.29) is 16.8 Å². The van der Waals surface area contributed by atoms with E-state index in [1.165, 1.54) is 0 Å². The van der Waals surface area contributed by atoms with E-state index in [1.54, 1.807) is 0 Å². The molecule has 1 atom stereocenters. The van der Waals surface area contributed by atoms with Crippen LogP contribution >= 0.6 is 11.8 Å². The van der Waals surface area contributed by atoms with Crippen molar-refractivity contribution < 1.29 is 13.9 Å². The Morgan fingerprint density at radius 3 is 2.88 bits per heavy atom. The van der Waals surface area contributed by atoms with Crippen LogP contribution in [0.4, 0.5) is 0 Å². The summed E-state index contributed by atoms with van der Waals surface area (Å²) in [6.45, 7) is 7.86. The SMILES string of the molecule is Cc1cccc(CO[C@H]2CSC3(C2)CN(C(=O)c2cc(C)oc2C)C3)n1. The molecule has 0 aromatic carbocycles. The van der Waals surface area contributed by atoms with Gasteiger partial charge in [0.2, 0.25) is 0 Å². The highest BCUT2D eigenvalue weighted by Crippen LogP contribution is 2.46. The van der Waals surface area contributed by atoms with E-state index in [1.807, 2.05) is 61.7 Å². The summed E-state index contributed by atoms with van der Waals surface area (Å²) in [5.74, 6) is 2.56. The van der Waals surface area contributed by atoms with Crippen LogP contribution in [0.2, 0.25) is 0 Å². The van der Waals surface area contributed by atoms with Crippen LogP contribution in [0.25, 0.3) is 0 Å². The number of hydrogen-bond acceptors (Lipinski definition) is 5. The molecule has 1 amide bonds. The average molecular weight is 372 g/mol. The zero-order valence-electron chi connectivity index (χ0n) is 15.4. The maximum absolute atomic E-state index is 12.6. The molecule has 4 rings (SSSR count). The van der Waals surface area contributed by atoms with Crippen LogP contribution in [-0.2, 0) is 11.3 Å². The zero-order chi connectivity index (χ0) is 18.3. The fraction of sp³-hybridized carbons (Fsp3) is 0.500.